The van der Waals surface area contributed by atoms with E-state index in [4.69, 9.17) is 9.84 Å². The van der Waals surface area contributed by atoms with E-state index < -0.39 is 5.97 Å². The Bertz CT molecular complexity index is 717. The maximum absolute atomic E-state index is 11.9. The van der Waals surface area contributed by atoms with Crippen LogP contribution in [0.15, 0.2) is 48.5 Å². The molecular formula is C23H28O4. The fourth-order valence-corrected chi connectivity index (χ4v) is 2.93. The Balaban J connectivity index is 1.76. The standard InChI is InChI=1S/C23H28O4/c1-2-3-4-5-6-7-8-9-22(24)27-21-16-14-19(15-17-21)18-10-12-20(13-11-18)23(25)26/h10-17H,2-9H2,1H3,(H,25,26). The lowest BCUT2D eigenvalue weighted by molar-refractivity contribution is -0.134. The van der Waals surface area contributed by atoms with Crippen LogP contribution in [0.1, 0.15) is 68.6 Å². The number of carbonyl (C=O) groups excluding carboxylic acids is 1. The minimum absolute atomic E-state index is 0.192. The van der Waals surface area contributed by atoms with Crippen LogP contribution in [0.2, 0.25) is 0 Å². The summed E-state index contributed by atoms with van der Waals surface area (Å²) in [6.07, 6.45) is 8.66. The van der Waals surface area contributed by atoms with Crippen molar-refractivity contribution in [3.05, 3.63) is 54.1 Å². The van der Waals surface area contributed by atoms with E-state index in [2.05, 4.69) is 6.92 Å². The molecule has 27 heavy (non-hydrogen) atoms. The van der Waals surface area contributed by atoms with Crippen molar-refractivity contribution in [3.8, 4) is 16.9 Å². The highest BCUT2D eigenvalue weighted by Crippen LogP contribution is 2.23. The monoisotopic (exact) mass is 368 g/mol. The predicted octanol–water partition coefficient (Wildman–Crippen LogP) is 6.10. The second kappa shape index (κ2) is 11.2. The first-order chi connectivity index (χ1) is 13.1. The second-order valence-corrected chi connectivity index (χ2v) is 6.75. The van der Waals surface area contributed by atoms with Gasteiger partial charge in [0, 0.05) is 6.42 Å². The second-order valence-electron chi connectivity index (χ2n) is 6.75. The van der Waals surface area contributed by atoms with E-state index in [0.29, 0.717) is 12.2 Å². The number of rotatable bonds is 11. The van der Waals surface area contributed by atoms with Gasteiger partial charge in [0.1, 0.15) is 5.75 Å². The van der Waals surface area contributed by atoms with Crippen LogP contribution in [0.3, 0.4) is 0 Å². The molecule has 0 aliphatic carbocycles. The van der Waals surface area contributed by atoms with Gasteiger partial charge in [-0.15, -0.1) is 0 Å². The first-order valence-electron chi connectivity index (χ1n) is 9.74. The quantitative estimate of drug-likeness (QED) is 0.296. The normalized spacial score (nSPS) is 10.6. The van der Waals surface area contributed by atoms with Gasteiger partial charge in [-0.1, -0.05) is 69.7 Å². The van der Waals surface area contributed by atoms with Crippen LogP contribution in [-0.4, -0.2) is 17.0 Å². The minimum atomic E-state index is -0.940. The van der Waals surface area contributed by atoms with Gasteiger partial charge in [-0.2, -0.15) is 0 Å². The van der Waals surface area contributed by atoms with E-state index in [0.717, 1.165) is 24.0 Å². The summed E-state index contributed by atoms with van der Waals surface area (Å²) in [5, 5.41) is 8.94. The van der Waals surface area contributed by atoms with Gasteiger partial charge in [0.05, 0.1) is 5.56 Å². The van der Waals surface area contributed by atoms with Gasteiger partial charge in [0.15, 0.2) is 0 Å². The van der Waals surface area contributed by atoms with E-state index in [1.54, 1.807) is 36.4 Å². The van der Waals surface area contributed by atoms with Crippen LogP contribution in [0.25, 0.3) is 11.1 Å². The molecular weight excluding hydrogens is 340 g/mol. The van der Waals surface area contributed by atoms with E-state index in [9.17, 15) is 9.59 Å². The molecule has 0 radical (unpaired) electrons. The van der Waals surface area contributed by atoms with E-state index >= 15 is 0 Å². The topological polar surface area (TPSA) is 63.6 Å². The number of ether oxygens (including phenoxy) is 1. The molecule has 0 aromatic heterocycles. The molecule has 0 aliphatic heterocycles. The van der Waals surface area contributed by atoms with Crippen LogP contribution in [-0.2, 0) is 4.79 Å². The number of hydrogen-bond acceptors (Lipinski definition) is 3. The summed E-state index contributed by atoms with van der Waals surface area (Å²) in [5.74, 6) is -0.597. The lowest BCUT2D eigenvalue weighted by Crippen LogP contribution is -2.07. The third-order valence-corrected chi connectivity index (χ3v) is 4.54. The van der Waals surface area contributed by atoms with Crippen LogP contribution in [0.5, 0.6) is 5.75 Å². The van der Waals surface area contributed by atoms with E-state index in [-0.39, 0.29) is 11.5 Å². The summed E-state index contributed by atoms with van der Waals surface area (Å²) in [4.78, 5) is 22.8. The summed E-state index contributed by atoms with van der Waals surface area (Å²) in [6.45, 7) is 2.21. The Morgan fingerprint density at radius 2 is 1.30 bits per heavy atom. The van der Waals surface area contributed by atoms with Crippen molar-refractivity contribution in [1.29, 1.82) is 0 Å². The largest absolute Gasteiger partial charge is 0.478 e. The highest BCUT2D eigenvalue weighted by Gasteiger charge is 2.06. The van der Waals surface area contributed by atoms with Crippen molar-refractivity contribution in [2.24, 2.45) is 0 Å². The van der Waals surface area contributed by atoms with Gasteiger partial charge in [0.2, 0.25) is 0 Å². The van der Waals surface area contributed by atoms with Crippen molar-refractivity contribution in [2.75, 3.05) is 0 Å². The number of benzene rings is 2. The van der Waals surface area contributed by atoms with Crippen molar-refractivity contribution >= 4 is 11.9 Å². The van der Waals surface area contributed by atoms with Crippen LogP contribution < -0.4 is 4.74 Å². The van der Waals surface area contributed by atoms with Crippen molar-refractivity contribution in [3.63, 3.8) is 0 Å². The summed E-state index contributed by atoms with van der Waals surface area (Å²) in [7, 11) is 0. The molecule has 0 spiro atoms. The predicted molar refractivity (Wildman–Crippen MR) is 107 cm³/mol. The fourth-order valence-electron chi connectivity index (χ4n) is 2.93. The summed E-state index contributed by atoms with van der Waals surface area (Å²) >= 11 is 0. The van der Waals surface area contributed by atoms with Crippen molar-refractivity contribution in [2.45, 2.75) is 58.3 Å². The minimum Gasteiger partial charge on any atom is -0.478 e. The van der Waals surface area contributed by atoms with Gasteiger partial charge >= 0.3 is 11.9 Å². The average Bonchev–Trinajstić information content (AvgIpc) is 2.68. The molecule has 0 fully saturated rings. The van der Waals surface area contributed by atoms with Crippen molar-refractivity contribution < 1.29 is 19.4 Å². The maximum Gasteiger partial charge on any atom is 0.335 e. The summed E-state index contributed by atoms with van der Waals surface area (Å²) in [5.41, 5.74) is 2.12. The number of carboxylic acids is 1. The smallest absolute Gasteiger partial charge is 0.335 e. The number of aromatic carboxylic acids is 1. The Morgan fingerprint density at radius 3 is 1.85 bits per heavy atom. The molecule has 0 bridgehead atoms. The van der Waals surface area contributed by atoms with Crippen molar-refractivity contribution in [1.82, 2.24) is 0 Å². The zero-order valence-electron chi connectivity index (χ0n) is 15.9. The molecule has 4 nitrogen and oxygen atoms in total. The van der Waals surface area contributed by atoms with Gasteiger partial charge in [-0.25, -0.2) is 4.79 Å². The number of hydrogen-bond donors (Lipinski definition) is 1. The molecule has 2 aromatic rings. The molecule has 2 aromatic carbocycles. The number of carbonyl (C=O) groups is 2. The van der Waals surface area contributed by atoms with E-state index in [1.165, 1.54) is 32.1 Å². The molecule has 0 atom stereocenters. The molecule has 144 valence electrons. The molecule has 2 rings (SSSR count). The molecule has 0 saturated heterocycles. The average molecular weight is 368 g/mol. The highest BCUT2D eigenvalue weighted by molar-refractivity contribution is 5.88. The van der Waals surface area contributed by atoms with Gasteiger partial charge in [-0.05, 0) is 41.8 Å². The van der Waals surface area contributed by atoms with Gasteiger partial charge in [0.25, 0.3) is 0 Å². The maximum atomic E-state index is 11.9. The zero-order chi connectivity index (χ0) is 19.5. The zero-order valence-corrected chi connectivity index (χ0v) is 15.9. The van der Waals surface area contributed by atoms with Gasteiger partial charge < -0.3 is 9.84 Å². The molecule has 0 unspecified atom stereocenters. The fraction of sp³-hybridized carbons (Fsp3) is 0.391. The van der Waals surface area contributed by atoms with Crippen LogP contribution in [0.4, 0.5) is 0 Å². The first-order valence-corrected chi connectivity index (χ1v) is 9.74. The molecule has 0 saturated carbocycles. The third-order valence-electron chi connectivity index (χ3n) is 4.54. The first kappa shape index (κ1) is 20.7. The third kappa shape index (κ3) is 7.26. The summed E-state index contributed by atoms with van der Waals surface area (Å²) in [6, 6.07) is 14.0. The Hall–Kier alpha value is -2.62. The Kier molecular flexibility index (Phi) is 8.56. The van der Waals surface area contributed by atoms with Gasteiger partial charge in [-0.3, -0.25) is 4.79 Å². The number of unbranched alkanes of at least 4 members (excludes halogenated alkanes) is 6. The Morgan fingerprint density at radius 1 is 0.778 bits per heavy atom. The lowest BCUT2D eigenvalue weighted by Gasteiger charge is -2.07. The van der Waals surface area contributed by atoms with Crippen LogP contribution in [0, 0.1) is 0 Å². The molecule has 1 N–H and O–H groups in total. The lowest BCUT2D eigenvalue weighted by atomic mass is 10.0. The molecule has 4 heteroatoms. The number of esters is 1. The molecule has 0 heterocycles. The van der Waals surface area contributed by atoms with E-state index in [1.807, 2.05) is 12.1 Å². The molecule has 0 amide bonds. The SMILES string of the molecule is CCCCCCCCCC(=O)Oc1ccc(-c2ccc(C(=O)O)cc2)cc1. The molecule has 0 aliphatic rings. The summed E-state index contributed by atoms with van der Waals surface area (Å²) < 4.78 is 5.38. The van der Waals surface area contributed by atoms with Crippen LogP contribution >= 0.6 is 0 Å². The Labute approximate surface area is 161 Å². The number of carboxylic acid groups (broad SMARTS) is 1. The highest BCUT2D eigenvalue weighted by atomic mass is 16.5.